The summed E-state index contributed by atoms with van der Waals surface area (Å²) >= 11 is 0. The summed E-state index contributed by atoms with van der Waals surface area (Å²) in [4.78, 5) is 10.8. The molecule has 0 aromatic carbocycles. The Kier molecular flexibility index (Phi) is 4.71. The highest BCUT2D eigenvalue weighted by atomic mass is 16.5. The molecule has 1 unspecified atom stereocenters. The van der Waals surface area contributed by atoms with E-state index in [0.29, 0.717) is 5.92 Å². The monoisotopic (exact) mass is 196 g/mol. The third-order valence-corrected chi connectivity index (χ3v) is 2.68. The Morgan fingerprint density at radius 1 is 1.57 bits per heavy atom. The number of hydrogen-bond donors (Lipinski definition) is 0. The molecule has 0 N–H and O–H groups in total. The summed E-state index contributed by atoms with van der Waals surface area (Å²) in [7, 11) is 0. The van der Waals surface area contributed by atoms with Gasteiger partial charge in [-0.2, -0.15) is 0 Å². The molecule has 0 aliphatic heterocycles. The van der Waals surface area contributed by atoms with Crippen molar-refractivity contribution in [3.8, 4) is 0 Å². The minimum absolute atomic E-state index is 0.182. The van der Waals surface area contributed by atoms with E-state index >= 15 is 0 Å². The molecule has 0 fully saturated rings. The van der Waals surface area contributed by atoms with Crippen molar-refractivity contribution in [2.75, 3.05) is 0 Å². The lowest BCUT2D eigenvalue weighted by atomic mass is 10.00. The lowest BCUT2D eigenvalue weighted by Gasteiger charge is -2.13. The first-order valence-corrected chi connectivity index (χ1v) is 5.62. The van der Waals surface area contributed by atoms with Gasteiger partial charge in [0.1, 0.15) is 5.76 Å². The van der Waals surface area contributed by atoms with Gasteiger partial charge in [-0.1, -0.05) is 26.2 Å². The van der Waals surface area contributed by atoms with Crippen molar-refractivity contribution < 1.29 is 9.53 Å². The van der Waals surface area contributed by atoms with Crippen molar-refractivity contribution in [2.24, 2.45) is 5.92 Å². The number of esters is 1. The number of carbonyl (C=O) groups is 1. The van der Waals surface area contributed by atoms with Gasteiger partial charge in [-0.3, -0.25) is 4.79 Å². The van der Waals surface area contributed by atoms with Gasteiger partial charge in [-0.05, 0) is 25.3 Å². The van der Waals surface area contributed by atoms with E-state index in [1.54, 1.807) is 0 Å². The smallest absolute Gasteiger partial charge is 0.307 e. The normalized spacial score (nSPS) is 20.7. The fourth-order valence-electron chi connectivity index (χ4n) is 1.95. The van der Waals surface area contributed by atoms with Gasteiger partial charge in [0, 0.05) is 12.8 Å². The summed E-state index contributed by atoms with van der Waals surface area (Å²) in [6.45, 7) is 3.68. The van der Waals surface area contributed by atoms with Gasteiger partial charge in [0.25, 0.3) is 0 Å². The van der Waals surface area contributed by atoms with Crippen molar-refractivity contribution in [3.63, 3.8) is 0 Å². The molecule has 0 saturated carbocycles. The molecule has 0 spiro atoms. The Hall–Kier alpha value is -0.790. The lowest BCUT2D eigenvalue weighted by molar-refractivity contribution is -0.137. The van der Waals surface area contributed by atoms with Crippen molar-refractivity contribution in [1.29, 1.82) is 0 Å². The molecule has 0 amide bonds. The van der Waals surface area contributed by atoms with Crippen LogP contribution in [0, 0.1) is 5.92 Å². The number of carbonyl (C=O) groups excluding carboxylic acids is 1. The van der Waals surface area contributed by atoms with E-state index in [1.165, 1.54) is 32.6 Å². The van der Waals surface area contributed by atoms with Gasteiger partial charge in [-0.15, -0.1) is 0 Å². The van der Waals surface area contributed by atoms with Crippen LogP contribution < -0.4 is 0 Å². The van der Waals surface area contributed by atoms with Crippen molar-refractivity contribution in [3.05, 3.63) is 11.8 Å². The topological polar surface area (TPSA) is 26.3 Å². The first kappa shape index (κ1) is 11.3. The Bertz CT molecular complexity index is 218. The average molecular weight is 196 g/mol. The van der Waals surface area contributed by atoms with Crippen molar-refractivity contribution >= 4 is 5.97 Å². The van der Waals surface area contributed by atoms with Gasteiger partial charge in [0.15, 0.2) is 0 Å². The molecule has 0 bridgehead atoms. The standard InChI is InChI=1S/C12H20O2/c1-3-4-5-7-11-8-6-9-12(11)14-10(2)13/h9,11H,3-8H2,1-2H3. The van der Waals surface area contributed by atoms with Crippen LogP contribution in [0.4, 0.5) is 0 Å². The zero-order chi connectivity index (χ0) is 10.4. The van der Waals surface area contributed by atoms with E-state index in [9.17, 15) is 4.79 Å². The first-order valence-electron chi connectivity index (χ1n) is 5.62. The van der Waals surface area contributed by atoms with E-state index in [4.69, 9.17) is 4.74 Å². The number of hydrogen-bond acceptors (Lipinski definition) is 2. The molecule has 1 atom stereocenters. The van der Waals surface area contributed by atoms with Gasteiger partial charge < -0.3 is 4.74 Å². The van der Waals surface area contributed by atoms with E-state index in [0.717, 1.165) is 18.6 Å². The number of ether oxygens (including phenoxy) is 1. The fourth-order valence-corrected chi connectivity index (χ4v) is 1.95. The molecule has 0 aromatic rings. The number of allylic oxidation sites excluding steroid dienone is 2. The molecular weight excluding hydrogens is 176 g/mol. The number of rotatable bonds is 5. The molecule has 2 nitrogen and oxygen atoms in total. The maximum absolute atomic E-state index is 10.8. The molecular formula is C12H20O2. The third-order valence-electron chi connectivity index (χ3n) is 2.68. The molecule has 2 heteroatoms. The van der Waals surface area contributed by atoms with Crippen LogP contribution in [-0.2, 0) is 9.53 Å². The zero-order valence-corrected chi connectivity index (χ0v) is 9.21. The van der Waals surface area contributed by atoms with Gasteiger partial charge in [0.2, 0.25) is 0 Å². The molecule has 0 saturated heterocycles. The predicted octanol–water partition coefficient (Wildman–Crippen LogP) is 3.42. The minimum atomic E-state index is -0.182. The molecule has 0 heterocycles. The van der Waals surface area contributed by atoms with E-state index < -0.39 is 0 Å². The summed E-state index contributed by atoms with van der Waals surface area (Å²) in [5.41, 5.74) is 0. The molecule has 0 aromatic heterocycles. The number of unbranched alkanes of at least 4 members (excludes halogenated alkanes) is 2. The van der Waals surface area contributed by atoms with Crippen LogP contribution in [0.2, 0.25) is 0 Å². The molecule has 1 aliphatic carbocycles. The summed E-state index contributed by atoms with van der Waals surface area (Å²) in [5.74, 6) is 1.25. The van der Waals surface area contributed by atoms with Crippen LogP contribution >= 0.6 is 0 Å². The maximum Gasteiger partial charge on any atom is 0.307 e. The predicted molar refractivity (Wildman–Crippen MR) is 56.7 cm³/mol. The minimum Gasteiger partial charge on any atom is -0.431 e. The Morgan fingerprint density at radius 2 is 2.36 bits per heavy atom. The van der Waals surface area contributed by atoms with Crippen molar-refractivity contribution in [2.45, 2.75) is 52.4 Å². The second-order valence-corrected chi connectivity index (χ2v) is 3.97. The lowest BCUT2D eigenvalue weighted by Crippen LogP contribution is -2.06. The maximum atomic E-state index is 10.8. The quantitative estimate of drug-likeness (QED) is 0.497. The highest BCUT2D eigenvalue weighted by Crippen LogP contribution is 2.31. The largest absolute Gasteiger partial charge is 0.431 e. The van der Waals surface area contributed by atoms with E-state index in [-0.39, 0.29) is 5.97 Å². The second-order valence-electron chi connectivity index (χ2n) is 3.97. The SMILES string of the molecule is CCCCCC1CCC=C1OC(C)=O. The second kappa shape index (κ2) is 5.84. The van der Waals surface area contributed by atoms with Crippen molar-refractivity contribution in [1.82, 2.24) is 0 Å². The Labute approximate surface area is 86.3 Å². The molecule has 14 heavy (non-hydrogen) atoms. The summed E-state index contributed by atoms with van der Waals surface area (Å²) in [6, 6.07) is 0. The highest BCUT2D eigenvalue weighted by Gasteiger charge is 2.21. The molecule has 80 valence electrons. The Balaban J connectivity index is 2.30. The van der Waals surface area contributed by atoms with Crippen LogP contribution in [0.25, 0.3) is 0 Å². The summed E-state index contributed by atoms with van der Waals surface area (Å²) < 4.78 is 5.18. The average Bonchev–Trinajstić information content (AvgIpc) is 2.52. The molecule has 1 aliphatic rings. The van der Waals surface area contributed by atoms with Crippen LogP contribution in [0.15, 0.2) is 11.8 Å². The Morgan fingerprint density at radius 3 is 3.00 bits per heavy atom. The third kappa shape index (κ3) is 3.52. The summed E-state index contributed by atoms with van der Waals surface area (Å²) in [5, 5.41) is 0. The molecule has 0 radical (unpaired) electrons. The van der Waals surface area contributed by atoms with Gasteiger partial charge >= 0.3 is 5.97 Å². The van der Waals surface area contributed by atoms with Gasteiger partial charge in [-0.25, -0.2) is 0 Å². The first-order chi connectivity index (χ1) is 6.74. The molecule has 1 rings (SSSR count). The van der Waals surface area contributed by atoms with Gasteiger partial charge in [0.05, 0.1) is 0 Å². The highest BCUT2D eigenvalue weighted by molar-refractivity contribution is 5.67. The van der Waals surface area contributed by atoms with E-state index in [1.807, 2.05) is 0 Å². The van der Waals surface area contributed by atoms with E-state index in [2.05, 4.69) is 13.0 Å². The van der Waals surface area contributed by atoms with Crippen LogP contribution in [0.3, 0.4) is 0 Å². The summed E-state index contributed by atoms with van der Waals surface area (Å²) in [6.07, 6.45) is 9.25. The van der Waals surface area contributed by atoms with Crippen LogP contribution in [0.1, 0.15) is 52.4 Å². The van der Waals surface area contributed by atoms with Crippen LogP contribution in [0.5, 0.6) is 0 Å². The zero-order valence-electron chi connectivity index (χ0n) is 9.21. The fraction of sp³-hybridized carbons (Fsp3) is 0.750. The van der Waals surface area contributed by atoms with Crippen LogP contribution in [-0.4, -0.2) is 5.97 Å².